The molecule has 2 aliphatic heterocycles. The minimum Gasteiger partial charge on any atom is -0.457 e. The number of guanidine groups is 1. The van der Waals surface area contributed by atoms with Crippen molar-refractivity contribution in [1.29, 1.82) is 0 Å². The first kappa shape index (κ1) is 23.1. The van der Waals surface area contributed by atoms with Crippen molar-refractivity contribution in [2.45, 2.75) is 12.6 Å². The lowest BCUT2D eigenvalue weighted by atomic mass is 10.2. The quantitative estimate of drug-likeness (QED) is 0.395. The van der Waals surface area contributed by atoms with Gasteiger partial charge in [0.15, 0.2) is 0 Å². The van der Waals surface area contributed by atoms with Crippen LogP contribution in [-0.4, -0.2) is 24.4 Å². The molecule has 3 aromatic carbocycles. The van der Waals surface area contributed by atoms with Gasteiger partial charge in [-0.1, -0.05) is 0 Å². The van der Waals surface area contributed by atoms with Gasteiger partial charge in [-0.15, -0.1) is 0 Å². The number of rotatable bonds is 4. The summed E-state index contributed by atoms with van der Waals surface area (Å²) in [5.41, 5.74) is 0.260. The first-order chi connectivity index (χ1) is 17.2. The highest BCUT2D eigenvalue weighted by molar-refractivity contribution is 6.19. The fourth-order valence-electron chi connectivity index (χ4n) is 3.74. The molecule has 2 heterocycles. The Labute approximate surface area is 201 Å². The van der Waals surface area contributed by atoms with E-state index in [1.807, 2.05) is 11.0 Å². The van der Waals surface area contributed by atoms with Crippen LogP contribution < -0.4 is 25.6 Å². The Bertz CT molecular complexity index is 1390. The zero-order valence-electron chi connectivity index (χ0n) is 18.3. The van der Waals surface area contributed by atoms with Gasteiger partial charge in [-0.05, 0) is 54.6 Å². The normalized spacial score (nSPS) is 14.4. The number of hydrogen-bond acceptors (Lipinski definition) is 5. The number of nitrogens with zero attached hydrogens (tertiary/aromatic N) is 2. The van der Waals surface area contributed by atoms with Crippen LogP contribution in [0, 0.1) is 5.82 Å². The van der Waals surface area contributed by atoms with Crippen LogP contribution in [0.4, 0.5) is 45.1 Å². The lowest BCUT2D eigenvalue weighted by Gasteiger charge is -2.21. The van der Waals surface area contributed by atoms with E-state index in [0.29, 0.717) is 54.3 Å². The number of nitrogens with one attached hydrogen (secondary N) is 3. The number of ether oxygens (including phenoxy) is 1. The predicted octanol–water partition coefficient (Wildman–Crippen LogP) is 5.80. The van der Waals surface area contributed by atoms with Crippen LogP contribution in [0.3, 0.4) is 0 Å². The Morgan fingerprint density at radius 2 is 1.75 bits per heavy atom. The topological polar surface area (TPSA) is 95.1 Å². The van der Waals surface area contributed by atoms with E-state index in [4.69, 9.17) is 4.74 Å². The number of urea groups is 1. The molecule has 0 unspecified atom stereocenters. The second-order valence-corrected chi connectivity index (χ2v) is 7.93. The van der Waals surface area contributed by atoms with Gasteiger partial charge in [0.1, 0.15) is 17.3 Å². The number of benzene rings is 3. The van der Waals surface area contributed by atoms with Gasteiger partial charge in [0.2, 0.25) is 5.96 Å². The van der Waals surface area contributed by atoms with Crippen LogP contribution in [0.2, 0.25) is 0 Å². The largest absolute Gasteiger partial charge is 0.457 e. The summed E-state index contributed by atoms with van der Waals surface area (Å²) in [6.45, 7) is 0.542. The maximum atomic E-state index is 13.8. The lowest BCUT2D eigenvalue weighted by molar-refractivity contribution is -0.137. The van der Waals surface area contributed by atoms with Crippen LogP contribution in [0.1, 0.15) is 12.0 Å². The number of alkyl halides is 3. The SMILES string of the molecule is O=C1CCN2C(=N1)Nc1cc(Oc3ccc(NC(=O)Nc4cc(C(F)(F)F)ccc4F)cc3)ccc12. The zero-order valence-corrected chi connectivity index (χ0v) is 18.3. The predicted molar refractivity (Wildman–Crippen MR) is 125 cm³/mol. The van der Waals surface area contributed by atoms with Crippen molar-refractivity contribution in [3.05, 3.63) is 72.0 Å². The molecular weight excluding hydrogens is 482 g/mol. The van der Waals surface area contributed by atoms with E-state index in [1.165, 1.54) is 12.1 Å². The minimum absolute atomic E-state index is 0.180. The monoisotopic (exact) mass is 499 g/mol. The minimum atomic E-state index is -4.67. The van der Waals surface area contributed by atoms with Gasteiger partial charge in [-0.25, -0.2) is 9.18 Å². The first-order valence-electron chi connectivity index (χ1n) is 10.7. The number of carbonyl (C=O) groups is 2. The van der Waals surface area contributed by atoms with Gasteiger partial charge >= 0.3 is 12.2 Å². The van der Waals surface area contributed by atoms with Crippen molar-refractivity contribution in [2.24, 2.45) is 4.99 Å². The second-order valence-electron chi connectivity index (χ2n) is 7.93. The highest BCUT2D eigenvalue weighted by Crippen LogP contribution is 2.38. The van der Waals surface area contributed by atoms with Gasteiger partial charge in [0.25, 0.3) is 5.91 Å². The van der Waals surface area contributed by atoms with Gasteiger partial charge in [0, 0.05) is 24.7 Å². The van der Waals surface area contributed by atoms with Gasteiger partial charge in [0.05, 0.1) is 22.6 Å². The third-order valence-corrected chi connectivity index (χ3v) is 5.43. The molecule has 0 radical (unpaired) electrons. The number of fused-ring (bicyclic) bond motifs is 3. The molecule has 184 valence electrons. The highest BCUT2D eigenvalue weighted by Gasteiger charge is 2.31. The van der Waals surface area contributed by atoms with E-state index >= 15 is 0 Å². The van der Waals surface area contributed by atoms with Crippen molar-refractivity contribution < 1.29 is 31.9 Å². The summed E-state index contributed by atoms with van der Waals surface area (Å²) in [7, 11) is 0. The molecule has 3 amide bonds. The molecule has 0 aromatic heterocycles. The van der Waals surface area contributed by atoms with Crippen molar-refractivity contribution in [3.8, 4) is 11.5 Å². The van der Waals surface area contributed by atoms with E-state index in [2.05, 4.69) is 20.9 Å². The van der Waals surface area contributed by atoms with Crippen molar-refractivity contribution in [1.82, 2.24) is 0 Å². The molecule has 0 spiro atoms. The number of halogens is 4. The highest BCUT2D eigenvalue weighted by atomic mass is 19.4. The molecule has 0 atom stereocenters. The Hall–Kier alpha value is -4.61. The Morgan fingerprint density at radius 3 is 2.50 bits per heavy atom. The van der Waals surface area contributed by atoms with E-state index in [9.17, 15) is 27.2 Å². The third kappa shape index (κ3) is 4.78. The standard InChI is InChI=1S/C24H17F4N5O3/c25-17-7-1-13(24(26,27)28)11-18(17)31-23(35)29-14-2-4-15(5-3-14)36-16-6-8-20-19(12-16)30-22-32-21(34)9-10-33(20)22/h1-8,11-12H,9-10H2,(H2,29,31,35)(H,30,32,34). The fourth-order valence-corrected chi connectivity index (χ4v) is 3.74. The van der Waals surface area contributed by atoms with Crippen molar-refractivity contribution >= 4 is 40.6 Å². The van der Waals surface area contributed by atoms with E-state index in [0.717, 1.165) is 11.4 Å². The summed E-state index contributed by atoms with van der Waals surface area (Å²) in [5.74, 6) is 0.275. The number of carbonyl (C=O) groups excluding carboxylic acids is 2. The number of amides is 3. The second kappa shape index (κ2) is 8.87. The molecule has 36 heavy (non-hydrogen) atoms. The molecule has 3 N–H and O–H groups in total. The molecule has 0 saturated carbocycles. The van der Waals surface area contributed by atoms with Crippen molar-refractivity contribution in [2.75, 3.05) is 27.4 Å². The average molecular weight is 499 g/mol. The summed E-state index contributed by atoms with van der Waals surface area (Å²) in [4.78, 5) is 29.6. The summed E-state index contributed by atoms with van der Waals surface area (Å²) in [6.07, 6.45) is -4.33. The zero-order chi connectivity index (χ0) is 25.4. The van der Waals surface area contributed by atoms with Crippen LogP contribution in [0.5, 0.6) is 11.5 Å². The van der Waals surface area contributed by atoms with Gasteiger partial charge in [-0.3, -0.25) is 4.79 Å². The van der Waals surface area contributed by atoms with Crippen LogP contribution in [-0.2, 0) is 11.0 Å². The van der Waals surface area contributed by atoms with E-state index in [-0.39, 0.29) is 5.91 Å². The number of aliphatic imine (C=N–C) groups is 1. The molecule has 3 aromatic rings. The molecular formula is C24H17F4N5O3. The molecule has 8 nitrogen and oxygen atoms in total. The van der Waals surface area contributed by atoms with E-state index in [1.54, 1.807) is 24.3 Å². The Kier molecular flexibility index (Phi) is 5.71. The van der Waals surface area contributed by atoms with Crippen LogP contribution in [0.15, 0.2) is 65.7 Å². The first-order valence-corrected chi connectivity index (χ1v) is 10.7. The maximum Gasteiger partial charge on any atom is 0.416 e. The van der Waals surface area contributed by atoms with E-state index < -0.39 is 29.3 Å². The molecule has 0 aliphatic carbocycles. The van der Waals surface area contributed by atoms with Gasteiger partial charge in [-0.2, -0.15) is 18.2 Å². The molecule has 12 heteroatoms. The van der Waals surface area contributed by atoms with Crippen molar-refractivity contribution in [3.63, 3.8) is 0 Å². The molecule has 0 saturated heterocycles. The average Bonchev–Trinajstić information content (AvgIpc) is 3.17. The van der Waals surface area contributed by atoms with Crippen LogP contribution >= 0.6 is 0 Å². The Morgan fingerprint density at radius 1 is 1.00 bits per heavy atom. The number of anilines is 4. The maximum absolute atomic E-state index is 13.8. The molecule has 0 fully saturated rings. The summed E-state index contributed by atoms with van der Waals surface area (Å²) in [5, 5.41) is 7.59. The van der Waals surface area contributed by atoms with Gasteiger partial charge < -0.3 is 25.6 Å². The number of hydrogen-bond donors (Lipinski definition) is 3. The van der Waals surface area contributed by atoms with Crippen LogP contribution in [0.25, 0.3) is 0 Å². The summed E-state index contributed by atoms with van der Waals surface area (Å²) >= 11 is 0. The third-order valence-electron chi connectivity index (χ3n) is 5.43. The Balaban J connectivity index is 1.22. The lowest BCUT2D eigenvalue weighted by Crippen LogP contribution is -2.36. The smallest absolute Gasteiger partial charge is 0.416 e. The molecule has 2 aliphatic rings. The molecule has 0 bridgehead atoms. The summed E-state index contributed by atoms with van der Waals surface area (Å²) in [6, 6.07) is 12.4. The molecule has 5 rings (SSSR count). The fraction of sp³-hybridized carbons (Fsp3) is 0.125. The summed E-state index contributed by atoms with van der Waals surface area (Å²) < 4.78 is 58.2.